The Hall–Kier alpha value is -0.660. The van der Waals surface area contributed by atoms with Crippen LogP contribution >= 0.6 is 0 Å². The molecule has 142 valence electrons. The first kappa shape index (κ1) is 21.4. The summed E-state index contributed by atoms with van der Waals surface area (Å²) in [6.07, 6.45) is 27.6. The predicted molar refractivity (Wildman–Crippen MR) is 108 cm³/mol. The Kier molecular flexibility index (Phi) is 14.1. The smallest absolute Gasteiger partial charge is 0.0890 e. The van der Waals surface area contributed by atoms with Gasteiger partial charge in [-0.2, -0.15) is 0 Å². The van der Waals surface area contributed by atoms with Gasteiger partial charge in [-0.3, -0.25) is 0 Å². The van der Waals surface area contributed by atoms with Crippen LogP contribution in [0, 0.1) is 0 Å². The van der Waals surface area contributed by atoms with Crippen molar-refractivity contribution < 1.29 is 0 Å². The van der Waals surface area contributed by atoms with E-state index in [0.717, 1.165) is 6.67 Å². The van der Waals surface area contributed by atoms with E-state index in [2.05, 4.69) is 36.2 Å². The fraction of sp³-hybridized carbons (Fsp3) is 0.909. The molecule has 0 aromatic carbocycles. The van der Waals surface area contributed by atoms with Gasteiger partial charge < -0.3 is 9.80 Å². The fourth-order valence-electron chi connectivity index (χ4n) is 3.60. The van der Waals surface area contributed by atoms with Crippen LogP contribution in [-0.2, 0) is 0 Å². The molecule has 0 spiro atoms. The Morgan fingerprint density at radius 2 is 1.00 bits per heavy atom. The minimum Gasteiger partial charge on any atom is -0.362 e. The zero-order valence-corrected chi connectivity index (χ0v) is 16.8. The van der Waals surface area contributed by atoms with Crippen LogP contribution in [-0.4, -0.2) is 30.1 Å². The van der Waals surface area contributed by atoms with Gasteiger partial charge in [-0.1, -0.05) is 103 Å². The molecule has 1 aliphatic heterocycles. The SMILES string of the molecule is CCCCCCCCCCCCCCCCCCN1C=CN(C)C1. The summed E-state index contributed by atoms with van der Waals surface area (Å²) in [5, 5.41) is 0. The third-order valence-corrected chi connectivity index (χ3v) is 5.24. The molecule has 2 heteroatoms. The lowest BCUT2D eigenvalue weighted by molar-refractivity contribution is 0.290. The molecule has 24 heavy (non-hydrogen) atoms. The maximum atomic E-state index is 2.42. The molecule has 0 aromatic heterocycles. The highest BCUT2D eigenvalue weighted by Gasteiger charge is 2.06. The summed E-state index contributed by atoms with van der Waals surface area (Å²) in [5.41, 5.74) is 0. The van der Waals surface area contributed by atoms with Gasteiger partial charge in [0.1, 0.15) is 0 Å². The lowest BCUT2D eigenvalue weighted by Gasteiger charge is -2.17. The van der Waals surface area contributed by atoms with Crippen molar-refractivity contribution in [3.63, 3.8) is 0 Å². The van der Waals surface area contributed by atoms with Gasteiger partial charge in [0.05, 0.1) is 6.67 Å². The molecule has 2 nitrogen and oxygen atoms in total. The minimum absolute atomic E-state index is 1.08. The second-order valence-corrected chi connectivity index (χ2v) is 7.81. The van der Waals surface area contributed by atoms with Crippen LogP contribution < -0.4 is 0 Å². The molecular weight excluding hydrogens is 292 g/mol. The van der Waals surface area contributed by atoms with Crippen LogP contribution in [0.1, 0.15) is 110 Å². The number of nitrogens with zero attached hydrogens (tertiary/aromatic N) is 2. The average Bonchev–Trinajstić information content (AvgIpc) is 3.00. The third-order valence-electron chi connectivity index (χ3n) is 5.24. The van der Waals surface area contributed by atoms with Crippen molar-refractivity contribution >= 4 is 0 Å². The van der Waals surface area contributed by atoms with E-state index in [0.29, 0.717) is 0 Å². The van der Waals surface area contributed by atoms with Crippen molar-refractivity contribution in [2.24, 2.45) is 0 Å². The van der Waals surface area contributed by atoms with E-state index in [1.54, 1.807) is 0 Å². The zero-order valence-electron chi connectivity index (χ0n) is 16.8. The van der Waals surface area contributed by atoms with Crippen LogP contribution in [0.4, 0.5) is 0 Å². The van der Waals surface area contributed by atoms with Crippen molar-refractivity contribution in [2.45, 2.75) is 110 Å². The van der Waals surface area contributed by atoms with Gasteiger partial charge in [-0.05, 0) is 6.42 Å². The standard InChI is InChI=1S/C22H44N2/c1-3-4-5-6-7-8-9-10-11-12-13-14-15-16-17-18-19-24-21-20-23(2)22-24/h20-21H,3-19,22H2,1-2H3. The van der Waals surface area contributed by atoms with Gasteiger partial charge in [-0.25, -0.2) is 0 Å². The average molecular weight is 337 g/mol. The maximum Gasteiger partial charge on any atom is 0.0890 e. The second-order valence-electron chi connectivity index (χ2n) is 7.81. The van der Waals surface area contributed by atoms with Crippen LogP contribution in [0.5, 0.6) is 0 Å². The molecular formula is C22H44N2. The predicted octanol–water partition coefficient (Wildman–Crippen LogP) is 6.92. The summed E-state index contributed by atoms with van der Waals surface area (Å²) < 4.78 is 0. The number of rotatable bonds is 17. The first-order valence-corrected chi connectivity index (χ1v) is 11.0. The molecule has 0 aromatic rings. The van der Waals surface area contributed by atoms with Crippen molar-refractivity contribution in [1.29, 1.82) is 0 Å². The first-order chi connectivity index (χ1) is 11.8. The van der Waals surface area contributed by atoms with E-state index in [1.807, 2.05) is 0 Å². The van der Waals surface area contributed by atoms with E-state index >= 15 is 0 Å². The number of hydrogen-bond donors (Lipinski definition) is 0. The highest BCUT2D eigenvalue weighted by Crippen LogP contribution is 2.14. The van der Waals surface area contributed by atoms with E-state index < -0.39 is 0 Å². The molecule has 0 unspecified atom stereocenters. The van der Waals surface area contributed by atoms with Gasteiger partial charge in [0, 0.05) is 26.0 Å². The molecule has 0 atom stereocenters. The van der Waals surface area contributed by atoms with Crippen molar-refractivity contribution in [3.05, 3.63) is 12.4 Å². The van der Waals surface area contributed by atoms with Crippen LogP contribution in [0.3, 0.4) is 0 Å². The molecule has 1 aliphatic rings. The van der Waals surface area contributed by atoms with Crippen LogP contribution in [0.15, 0.2) is 12.4 Å². The largest absolute Gasteiger partial charge is 0.362 e. The molecule has 0 saturated carbocycles. The Morgan fingerprint density at radius 1 is 0.583 bits per heavy atom. The highest BCUT2D eigenvalue weighted by atomic mass is 15.3. The lowest BCUT2D eigenvalue weighted by Crippen LogP contribution is -2.23. The first-order valence-electron chi connectivity index (χ1n) is 11.0. The summed E-state index contributed by atoms with van der Waals surface area (Å²) >= 11 is 0. The van der Waals surface area contributed by atoms with Gasteiger partial charge in [0.2, 0.25) is 0 Å². The van der Waals surface area contributed by atoms with E-state index in [1.165, 1.54) is 109 Å². The van der Waals surface area contributed by atoms with Crippen molar-refractivity contribution in [3.8, 4) is 0 Å². The summed E-state index contributed by atoms with van der Waals surface area (Å²) in [6.45, 7) is 4.61. The van der Waals surface area contributed by atoms with Gasteiger partial charge in [0.15, 0.2) is 0 Å². The van der Waals surface area contributed by atoms with E-state index in [-0.39, 0.29) is 0 Å². The molecule has 1 rings (SSSR count). The van der Waals surface area contributed by atoms with E-state index in [4.69, 9.17) is 0 Å². The Labute approximate surface area is 152 Å². The summed E-state index contributed by atoms with van der Waals surface area (Å²) in [5.74, 6) is 0. The van der Waals surface area contributed by atoms with Crippen molar-refractivity contribution in [2.75, 3.05) is 20.3 Å². The summed E-state index contributed by atoms with van der Waals surface area (Å²) in [7, 11) is 2.14. The van der Waals surface area contributed by atoms with Crippen molar-refractivity contribution in [1.82, 2.24) is 9.80 Å². The second kappa shape index (κ2) is 15.8. The topological polar surface area (TPSA) is 6.48 Å². The van der Waals surface area contributed by atoms with Crippen LogP contribution in [0.25, 0.3) is 0 Å². The molecule has 0 fully saturated rings. The third kappa shape index (κ3) is 12.7. The number of unbranched alkanes of at least 4 members (excludes halogenated alkanes) is 15. The molecule has 0 bridgehead atoms. The highest BCUT2D eigenvalue weighted by molar-refractivity contribution is 4.88. The van der Waals surface area contributed by atoms with Crippen LogP contribution in [0.2, 0.25) is 0 Å². The molecule has 0 N–H and O–H groups in total. The fourth-order valence-corrected chi connectivity index (χ4v) is 3.60. The maximum absolute atomic E-state index is 2.42. The minimum atomic E-state index is 1.08. The summed E-state index contributed by atoms with van der Waals surface area (Å²) in [4.78, 5) is 4.66. The molecule has 1 heterocycles. The van der Waals surface area contributed by atoms with Gasteiger partial charge in [-0.15, -0.1) is 0 Å². The monoisotopic (exact) mass is 336 g/mol. The Bertz CT molecular complexity index is 288. The molecule has 0 amide bonds. The quantitative estimate of drug-likeness (QED) is 0.266. The number of hydrogen-bond acceptors (Lipinski definition) is 2. The molecule has 0 aliphatic carbocycles. The summed E-state index contributed by atoms with van der Waals surface area (Å²) in [6, 6.07) is 0. The van der Waals surface area contributed by atoms with E-state index in [9.17, 15) is 0 Å². The van der Waals surface area contributed by atoms with Gasteiger partial charge in [0.25, 0.3) is 0 Å². The lowest BCUT2D eigenvalue weighted by atomic mass is 10.0. The van der Waals surface area contributed by atoms with Gasteiger partial charge >= 0.3 is 0 Å². The Morgan fingerprint density at radius 3 is 1.38 bits per heavy atom. The molecule has 0 saturated heterocycles. The zero-order chi connectivity index (χ0) is 17.3. The normalized spacial score (nSPS) is 14.1. The Balaban J connectivity index is 1.67. The molecule has 0 radical (unpaired) electrons.